The lowest BCUT2D eigenvalue weighted by atomic mass is 9.94. The van der Waals surface area contributed by atoms with Gasteiger partial charge in [0.1, 0.15) is 0 Å². The Hall–Kier alpha value is -1.64. The number of rotatable bonds is 3. The van der Waals surface area contributed by atoms with E-state index in [1.807, 2.05) is 13.8 Å². The quantitative estimate of drug-likeness (QED) is 0.608. The zero-order valence-electron chi connectivity index (χ0n) is 9.20. The van der Waals surface area contributed by atoms with E-state index in [0.29, 0.717) is 16.8 Å². The average Bonchev–Trinajstić information content (AvgIpc) is 2.16. The number of nitrogens with two attached hydrogens (primary N) is 1. The standard InChI is InChI=1S/C12H15NO2/c1-7(2)12(15)10-5-4-9(13)6-11(10)8(3)14/h4-7H,13H2,1-3H3. The van der Waals surface area contributed by atoms with Crippen LogP contribution in [0, 0.1) is 5.92 Å². The summed E-state index contributed by atoms with van der Waals surface area (Å²) in [5.41, 5.74) is 6.95. The van der Waals surface area contributed by atoms with E-state index in [1.54, 1.807) is 18.2 Å². The fraction of sp³-hybridized carbons (Fsp3) is 0.333. The molecule has 0 saturated heterocycles. The van der Waals surface area contributed by atoms with Gasteiger partial charge in [-0.15, -0.1) is 0 Å². The fourth-order valence-electron chi connectivity index (χ4n) is 1.38. The molecule has 2 N–H and O–H groups in total. The van der Waals surface area contributed by atoms with Crippen LogP contribution in [-0.2, 0) is 0 Å². The number of carbonyl (C=O) groups excluding carboxylic acids is 2. The van der Waals surface area contributed by atoms with E-state index in [4.69, 9.17) is 5.73 Å². The van der Waals surface area contributed by atoms with Gasteiger partial charge in [0.25, 0.3) is 0 Å². The summed E-state index contributed by atoms with van der Waals surface area (Å²) in [6.45, 7) is 5.05. The highest BCUT2D eigenvalue weighted by molar-refractivity contribution is 6.09. The van der Waals surface area contributed by atoms with E-state index in [9.17, 15) is 9.59 Å². The number of anilines is 1. The number of nitrogen functional groups attached to an aromatic ring is 1. The number of Topliss-reactive ketones (excluding diaryl/α,β-unsaturated/α-hetero) is 2. The molecule has 0 unspecified atom stereocenters. The molecule has 0 aromatic heterocycles. The van der Waals surface area contributed by atoms with Crippen LogP contribution in [0.5, 0.6) is 0 Å². The van der Waals surface area contributed by atoms with Crippen LogP contribution in [0.1, 0.15) is 41.5 Å². The minimum atomic E-state index is -0.133. The molecule has 0 fully saturated rings. The van der Waals surface area contributed by atoms with Crippen molar-refractivity contribution in [1.29, 1.82) is 0 Å². The van der Waals surface area contributed by atoms with Crippen LogP contribution in [0.15, 0.2) is 18.2 Å². The topological polar surface area (TPSA) is 60.2 Å². The van der Waals surface area contributed by atoms with Crippen LogP contribution in [0.25, 0.3) is 0 Å². The predicted molar refractivity (Wildman–Crippen MR) is 60.0 cm³/mol. The molecule has 1 rings (SSSR count). The third-order valence-electron chi connectivity index (χ3n) is 2.21. The van der Waals surface area contributed by atoms with Crippen LogP contribution in [0.3, 0.4) is 0 Å². The number of hydrogen-bond acceptors (Lipinski definition) is 3. The lowest BCUT2D eigenvalue weighted by molar-refractivity contribution is 0.0927. The summed E-state index contributed by atoms with van der Waals surface area (Å²) in [7, 11) is 0. The molecule has 0 radical (unpaired) electrons. The maximum Gasteiger partial charge on any atom is 0.166 e. The molecule has 15 heavy (non-hydrogen) atoms. The molecule has 0 heterocycles. The third-order valence-corrected chi connectivity index (χ3v) is 2.21. The number of ketones is 2. The minimum Gasteiger partial charge on any atom is -0.399 e. The van der Waals surface area contributed by atoms with Crippen molar-refractivity contribution in [3.63, 3.8) is 0 Å². The monoisotopic (exact) mass is 205 g/mol. The van der Waals surface area contributed by atoms with Crippen LogP contribution in [-0.4, -0.2) is 11.6 Å². The van der Waals surface area contributed by atoms with E-state index in [0.717, 1.165) is 0 Å². The summed E-state index contributed by atoms with van der Waals surface area (Å²) >= 11 is 0. The van der Waals surface area contributed by atoms with Crippen LogP contribution < -0.4 is 5.73 Å². The predicted octanol–water partition coefficient (Wildman–Crippen LogP) is 2.31. The van der Waals surface area contributed by atoms with Crippen molar-refractivity contribution in [2.24, 2.45) is 5.92 Å². The van der Waals surface area contributed by atoms with Crippen LogP contribution in [0.4, 0.5) is 5.69 Å². The minimum absolute atomic E-state index is 0.0276. The maximum absolute atomic E-state index is 11.8. The second kappa shape index (κ2) is 4.26. The maximum atomic E-state index is 11.8. The lowest BCUT2D eigenvalue weighted by Crippen LogP contribution is -2.12. The first-order chi connectivity index (χ1) is 6.93. The van der Waals surface area contributed by atoms with Gasteiger partial charge in [-0.1, -0.05) is 13.8 Å². The highest BCUT2D eigenvalue weighted by Gasteiger charge is 2.17. The molecule has 3 nitrogen and oxygen atoms in total. The van der Waals surface area contributed by atoms with E-state index in [1.165, 1.54) is 6.92 Å². The van der Waals surface area contributed by atoms with Gasteiger partial charge in [-0.2, -0.15) is 0 Å². The molecule has 1 aromatic rings. The molecular weight excluding hydrogens is 190 g/mol. The van der Waals surface area contributed by atoms with E-state index in [-0.39, 0.29) is 17.5 Å². The van der Waals surface area contributed by atoms with Gasteiger partial charge in [-0.05, 0) is 25.1 Å². The summed E-state index contributed by atoms with van der Waals surface area (Å²) in [6.07, 6.45) is 0. The van der Waals surface area contributed by atoms with Crippen LogP contribution in [0.2, 0.25) is 0 Å². The molecule has 0 saturated carbocycles. The van der Waals surface area contributed by atoms with E-state index in [2.05, 4.69) is 0 Å². The summed E-state index contributed by atoms with van der Waals surface area (Å²) < 4.78 is 0. The summed E-state index contributed by atoms with van der Waals surface area (Å²) in [5.74, 6) is -0.279. The molecule has 80 valence electrons. The van der Waals surface area contributed by atoms with Crippen molar-refractivity contribution < 1.29 is 9.59 Å². The molecule has 0 atom stereocenters. The zero-order valence-corrected chi connectivity index (χ0v) is 9.20. The molecule has 0 spiro atoms. The highest BCUT2D eigenvalue weighted by atomic mass is 16.1. The first-order valence-corrected chi connectivity index (χ1v) is 4.88. The Balaban J connectivity index is 3.29. The number of carbonyl (C=O) groups is 2. The molecule has 0 bridgehead atoms. The number of benzene rings is 1. The summed E-state index contributed by atoms with van der Waals surface area (Å²) in [6, 6.07) is 4.81. The number of hydrogen-bond donors (Lipinski definition) is 1. The van der Waals surface area contributed by atoms with Crippen molar-refractivity contribution in [3.8, 4) is 0 Å². The van der Waals surface area contributed by atoms with Crippen molar-refractivity contribution in [2.75, 3.05) is 5.73 Å². The molecule has 0 aliphatic rings. The van der Waals surface area contributed by atoms with Crippen molar-refractivity contribution in [1.82, 2.24) is 0 Å². The molecule has 0 aliphatic carbocycles. The van der Waals surface area contributed by atoms with Crippen molar-refractivity contribution in [2.45, 2.75) is 20.8 Å². The molecule has 1 aromatic carbocycles. The van der Waals surface area contributed by atoms with Gasteiger partial charge in [0.2, 0.25) is 0 Å². The third kappa shape index (κ3) is 2.43. The van der Waals surface area contributed by atoms with Gasteiger partial charge in [0, 0.05) is 22.7 Å². The molecule has 0 aliphatic heterocycles. The molecule has 3 heteroatoms. The van der Waals surface area contributed by atoms with Gasteiger partial charge >= 0.3 is 0 Å². The zero-order chi connectivity index (χ0) is 11.6. The Morgan fingerprint density at radius 3 is 2.27 bits per heavy atom. The van der Waals surface area contributed by atoms with Gasteiger partial charge in [-0.25, -0.2) is 0 Å². The fourth-order valence-corrected chi connectivity index (χ4v) is 1.38. The smallest absolute Gasteiger partial charge is 0.166 e. The van der Waals surface area contributed by atoms with Gasteiger partial charge in [0.15, 0.2) is 11.6 Å². The summed E-state index contributed by atoms with van der Waals surface area (Å²) in [5, 5.41) is 0. The van der Waals surface area contributed by atoms with E-state index < -0.39 is 0 Å². The second-order valence-corrected chi connectivity index (χ2v) is 3.88. The highest BCUT2D eigenvalue weighted by Crippen LogP contribution is 2.17. The Kier molecular flexibility index (Phi) is 3.24. The largest absolute Gasteiger partial charge is 0.399 e. The Morgan fingerprint density at radius 1 is 1.20 bits per heavy atom. The van der Waals surface area contributed by atoms with Gasteiger partial charge in [0.05, 0.1) is 0 Å². The summed E-state index contributed by atoms with van der Waals surface area (Å²) in [4.78, 5) is 23.1. The Labute approximate surface area is 89.3 Å². The lowest BCUT2D eigenvalue weighted by Gasteiger charge is -2.09. The molecule has 0 amide bonds. The van der Waals surface area contributed by atoms with Crippen LogP contribution >= 0.6 is 0 Å². The van der Waals surface area contributed by atoms with Gasteiger partial charge < -0.3 is 5.73 Å². The van der Waals surface area contributed by atoms with Crippen molar-refractivity contribution in [3.05, 3.63) is 29.3 Å². The Bertz CT molecular complexity index is 408. The van der Waals surface area contributed by atoms with E-state index >= 15 is 0 Å². The second-order valence-electron chi connectivity index (χ2n) is 3.88. The molecular formula is C12H15NO2. The SMILES string of the molecule is CC(=O)c1cc(N)ccc1C(=O)C(C)C. The van der Waals surface area contributed by atoms with Gasteiger partial charge in [-0.3, -0.25) is 9.59 Å². The first-order valence-electron chi connectivity index (χ1n) is 4.88. The first kappa shape index (κ1) is 11.4. The normalized spacial score (nSPS) is 10.4. The van der Waals surface area contributed by atoms with Crippen molar-refractivity contribution >= 4 is 17.3 Å². The average molecular weight is 205 g/mol. The Morgan fingerprint density at radius 2 is 1.80 bits per heavy atom.